The van der Waals surface area contributed by atoms with Crippen LogP contribution in [0.4, 0.5) is 13.2 Å². The van der Waals surface area contributed by atoms with Gasteiger partial charge in [0.15, 0.2) is 0 Å². The van der Waals surface area contributed by atoms with Crippen LogP contribution in [0, 0.1) is 0 Å². The molecule has 2 N–H and O–H groups in total. The number of nitrogens with zero attached hydrogens (tertiary/aromatic N) is 1. The van der Waals surface area contributed by atoms with Gasteiger partial charge in [-0.15, -0.1) is 0 Å². The van der Waals surface area contributed by atoms with Crippen LogP contribution in [-0.4, -0.2) is 4.98 Å². The van der Waals surface area contributed by atoms with E-state index < -0.39 is 17.8 Å². The molecular weight excluding hydrogens is 324 g/mol. The molecule has 1 atom stereocenters. The lowest BCUT2D eigenvalue weighted by Crippen LogP contribution is -2.16. The quantitative estimate of drug-likeness (QED) is 0.887. The predicted molar refractivity (Wildman–Crippen MR) is 76.3 cm³/mol. The van der Waals surface area contributed by atoms with Crippen LogP contribution in [0.3, 0.4) is 0 Å². The van der Waals surface area contributed by atoms with Crippen LogP contribution in [0.5, 0.6) is 0 Å². The van der Waals surface area contributed by atoms with E-state index in [0.717, 1.165) is 17.8 Å². The summed E-state index contributed by atoms with van der Waals surface area (Å²) in [5.74, 6) is 0. The third-order valence-corrected chi connectivity index (χ3v) is 3.54. The molecule has 2 rings (SSSR count). The van der Waals surface area contributed by atoms with Crippen molar-refractivity contribution in [3.8, 4) is 0 Å². The Morgan fingerprint density at radius 1 is 1.14 bits per heavy atom. The zero-order valence-corrected chi connectivity index (χ0v) is 12.2. The van der Waals surface area contributed by atoms with Crippen LogP contribution < -0.4 is 5.73 Å². The molecule has 7 heteroatoms. The predicted octanol–water partition coefficient (Wildman–Crippen LogP) is 4.65. The van der Waals surface area contributed by atoms with E-state index >= 15 is 0 Å². The third-order valence-electron chi connectivity index (χ3n) is 2.95. The summed E-state index contributed by atoms with van der Waals surface area (Å²) in [4.78, 5) is 3.77. The fourth-order valence-electron chi connectivity index (χ4n) is 1.82. The number of halogens is 5. The number of hydrogen-bond donors (Lipinski definition) is 1. The van der Waals surface area contributed by atoms with E-state index in [2.05, 4.69) is 4.98 Å². The lowest BCUT2D eigenvalue weighted by Gasteiger charge is -2.13. The Labute approximate surface area is 129 Å². The van der Waals surface area contributed by atoms with Crippen molar-refractivity contribution in [3.05, 3.63) is 63.4 Å². The first kappa shape index (κ1) is 16.1. The summed E-state index contributed by atoms with van der Waals surface area (Å²) in [6.45, 7) is 0. The molecule has 1 heterocycles. The van der Waals surface area contributed by atoms with Gasteiger partial charge in [-0.2, -0.15) is 13.2 Å². The summed E-state index contributed by atoms with van der Waals surface area (Å²) >= 11 is 11.8. The molecule has 112 valence electrons. The van der Waals surface area contributed by atoms with Gasteiger partial charge in [-0.05, 0) is 36.2 Å². The first-order valence-corrected chi connectivity index (χ1v) is 6.75. The second-order valence-electron chi connectivity index (χ2n) is 4.52. The van der Waals surface area contributed by atoms with Crippen molar-refractivity contribution in [2.24, 2.45) is 5.73 Å². The van der Waals surface area contributed by atoms with Crippen molar-refractivity contribution < 1.29 is 13.2 Å². The molecule has 0 saturated carbocycles. The molecule has 1 aromatic carbocycles. The molecule has 0 saturated heterocycles. The summed E-state index contributed by atoms with van der Waals surface area (Å²) in [6, 6.07) is 6.68. The minimum Gasteiger partial charge on any atom is -0.322 e. The Morgan fingerprint density at radius 3 is 2.38 bits per heavy atom. The standard InChI is InChI=1S/C14H11Cl2F3N2/c15-10-3-1-8(11(16)6-10)5-12(20)13-4-2-9(7-21-13)14(17,18)19/h1-4,6-7,12H,5,20H2. The maximum Gasteiger partial charge on any atom is 0.417 e. The molecule has 0 spiro atoms. The van der Waals surface area contributed by atoms with Gasteiger partial charge in [0, 0.05) is 16.2 Å². The largest absolute Gasteiger partial charge is 0.417 e. The molecule has 0 aliphatic carbocycles. The summed E-state index contributed by atoms with van der Waals surface area (Å²) in [7, 11) is 0. The third kappa shape index (κ3) is 4.09. The highest BCUT2D eigenvalue weighted by Crippen LogP contribution is 2.29. The van der Waals surface area contributed by atoms with Gasteiger partial charge >= 0.3 is 6.18 Å². The lowest BCUT2D eigenvalue weighted by atomic mass is 10.0. The minimum atomic E-state index is -4.41. The monoisotopic (exact) mass is 334 g/mol. The lowest BCUT2D eigenvalue weighted by molar-refractivity contribution is -0.137. The Balaban J connectivity index is 2.15. The smallest absolute Gasteiger partial charge is 0.322 e. The van der Waals surface area contributed by atoms with Crippen molar-refractivity contribution in [2.45, 2.75) is 18.6 Å². The number of benzene rings is 1. The first-order chi connectivity index (χ1) is 9.77. The summed E-state index contributed by atoms with van der Waals surface area (Å²) in [5, 5.41) is 0.967. The molecule has 0 bridgehead atoms. The van der Waals surface area contributed by atoms with Crippen molar-refractivity contribution in [1.29, 1.82) is 0 Å². The fraction of sp³-hybridized carbons (Fsp3) is 0.214. The first-order valence-electron chi connectivity index (χ1n) is 6.00. The van der Waals surface area contributed by atoms with Crippen LogP contribution in [0.2, 0.25) is 10.0 Å². The molecule has 2 aromatic rings. The van der Waals surface area contributed by atoms with Crippen LogP contribution in [-0.2, 0) is 12.6 Å². The van der Waals surface area contributed by atoms with Crippen molar-refractivity contribution in [2.75, 3.05) is 0 Å². The van der Waals surface area contributed by atoms with E-state index in [1.807, 2.05) is 0 Å². The average Bonchev–Trinajstić information content (AvgIpc) is 2.41. The highest BCUT2D eigenvalue weighted by molar-refractivity contribution is 6.35. The topological polar surface area (TPSA) is 38.9 Å². The summed E-state index contributed by atoms with van der Waals surface area (Å²) < 4.78 is 37.4. The number of pyridine rings is 1. The Hall–Kier alpha value is -1.30. The zero-order chi connectivity index (χ0) is 15.6. The summed E-state index contributed by atoms with van der Waals surface area (Å²) in [5.41, 5.74) is 6.28. The number of alkyl halides is 3. The average molecular weight is 335 g/mol. The van der Waals surface area contributed by atoms with Gasteiger partial charge in [-0.25, -0.2) is 0 Å². The van der Waals surface area contributed by atoms with E-state index in [9.17, 15) is 13.2 Å². The van der Waals surface area contributed by atoms with Gasteiger partial charge in [0.2, 0.25) is 0 Å². The fourth-order valence-corrected chi connectivity index (χ4v) is 2.31. The van der Waals surface area contributed by atoms with Gasteiger partial charge in [0.05, 0.1) is 17.3 Å². The highest BCUT2D eigenvalue weighted by Gasteiger charge is 2.30. The molecule has 0 aliphatic rings. The van der Waals surface area contributed by atoms with Crippen LogP contribution in [0.15, 0.2) is 36.5 Å². The normalized spacial score (nSPS) is 13.2. The molecule has 2 nitrogen and oxygen atoms in total. The van der Waals surface area contributed by atoms with Crippen LogP contribution in [0.25, 0.3) is 0 Å². The maximum absolute atomic E-state index is 12.5. The minimum absolute atomic E-state index is 0.356. The van der Waals surface area contributed by atoms with Gasteiger partial charge < -0.3 is 5.73 Å². The van der Waals surface area contributed by atoms with E-state index in [0.29, 0.717) is 22.2 Å². The molecule has 0 fully saturated rings. The second-order valence-corrected chi connectivity index (χ2v) is 5.36. The number of hydrogen-bond acceptors (Lipinski definition) is 2. The number of nitrogens with two attached hydrogens (primary N) is 1. The Morgan fingerprint density at radius 2 is 1.86 bits per heavy atom. The van der Waals surface area contributed by atoms with Gasteiger partial charge in [-0.1, -0.05) is 29.3 Å². The van der Waals surface area contributed by atoms with E-state index in [1.165, 1.54) is 6.07 Å². The zero-order valence-electron chi connectivity index (χ0n) is 10.7. The highest BCUT2D eigenvalue weighted by atomic mass is 35.5. The molecule has 1 aromatic heterocycles. The van der Waals surface area contributed by atoms with Crippen molar-refractivity contribution >= 4 is 23.2 Å². The van der Waals surface area contributed by atoms with Gasteiger partial charge in [0.1, 0.15) is 0 Å². The SMILES string of the molecule is NC(Cc1ccc(Cl)cc1Cl)c1ccc(C(F)(F)F)cn1. The Kier molecular flexibility index (Phi) is 4.76. The van der Waals surface area contributed by atoms with Gasteiger partial charge in [-0.3, -0.25) is 4.98 Å². The van der Waals surface area contributed by atoms with Crippen molar-refractivity contribution in [1.82, 2.24) is 4.98 Å². The number of aromatic nitrogens is 1. The molecule has 0 amide bonds. The van der Waals surface area contributed by atoms with E-state index in [1.54, 1.807) is 18.2 Å². The van der Waals surface area contributed by atoms with Gasteiger partial charge in [0.25, 0.3) is 0 Å². The molecule has 0 aliphatic heterocycles. The summed E-state index contributed by atoms with van der Waals surface area (Å²) in [6.07, 6.45) is -3.28. The Bertz CT molecular complexity index is 627. The van der Waals surface area contributed by atoms with E-state index in [-0.39, 0.29) is 0 Å². The second kappa shape index (κ2) is 6.22. The van der Waals surface area contributed by atoms with Crippen LogP contribution in [0.1, 0.15) is 22.9 Å². The molecular formula is C14H11Cl2F3N2. The van der Waals surface area contributed by atoms with Crippen LogP contribution >= 0.6 is 23.2 Å². The van der Waals surface area contributed by atoms with Crippen molar-refractivity contribution in [3.63, 3.8) is 0 Å². The molecule has 1 unspecified atom stereocenters. The molecule has 21 heavy (non-hydrogen) atoms. The maximum atomic E-state index is 12.5. The number of rotatable bonds is 3. The molecule has 0 radical (unpaired) electrons. The van der Waals surface area contributed by atoms with E-state index in [4.69, 9.17) is 28.9 Å².